The number of hydrogen-bond acceptors (Lipinski definition) is 8. The Morgan fingerprint density at radius 2 is 1.81 bits per heavy atom. The predicted octanol–water partition coefficient (Wildman–Crippen LogP) is 3.56. The first kappa shape index (κ1) is 23.2. The summed E-state index contributed by atoms with van der Waals surface area (Å²) in [6.45, 7) is 13.8. The van der Waals surface area contributed by atoms with Crippen LogP contribution in [-0.4, -0.2) is 45.8 Å². The van der Waals surface area contributed by atoms with Gasteiger partial charge in [-0.15, -0.1) is 11.3 Å². The number of thiazole rings is 1. The molecule has 1 aliphatic heterocycles. The van der Waals surface area contributed by atoms with Gasteiger partial charge in [-0.05, 0) is 32.0 Å². The Labute approximate surface area is 170 Å². The molecule has 0 amide bonds. The van der Waals surface area contributed by atoms with Gasteiger partial charge in [0, 0.05) is 10.7 Å². The molecule has 1 saturated heterocycles. The van der Waals surface area contributed by atoms with E-state index in [0.717, 1.165) is 11.3 Å². The molecule has 1 aromatic heterocycles. The molecule has 1 aliphatic rings. The van der Waals surface area contributed by atoms with Crippen molar-refractivity contribution in [3.63, 3.8) is 0 Å². The van der Waals surface area contributed by atoms with Gasteiger partial charge in [0.15, 0.2) is 23.9 Å². The summed E-state index contributed by atoms with van der Waals surface area (Å²) in [5.74, 6) is -0.820. The van der Waals surface area contributed by atoms with Crippen molar-refractivity contribution < 1.29 is 27.4 Å². The van der Waals surface area contributed by atoms with E-state index in [4.69, 9.17) is 24.6 Å². The molecule has 11 heteroatoms. The molecule has 0 spiro atoms. The molecule has 0 unspecified atom stereocenters. The van der Waals surface area contributed by atoms with E-state index in [0.29, 0.717) is 0 Å². The highest BCUT2D eigenvalue weighted by Gasteiger charge is 2.44. The third kappa shape index (κ3) is 5.30. The molecule has 2 rings (SSSR count). The number of aromatic nitrogens is 1. The highest BCUT2D eigenvalue weighted by Crippen LogP contribution is 2.40. The van der Waals surface area contributed by atoms with E-state index in [-0.39, 0.29) is 39.8 Å². The summed E-state index contributed by atoms with van der Waals surface area (Å²) in [5.41, 5.74) is -1.33. The number of hydrogen-bond donors (Lipinski definition) is 1. The van der Waals surface area contributed by atoms with Gasteiger partial charge in [0.1, 0.15) is 5.01 Å². The summed E-state index contributed by atoms with van der Waals surface area (Å²) in [6.07, 6.45) is 0. The second kappa shape index (κ2) is 7.32. The number of ether oxygens (including phenoxy) is 2. The fourth-order valence-electron chi connectivity index (χ4n) is 2.08. The molecule has 0 aromatic carbocycles. The van der Waals surface area contributed by atoms with E-state index < -0.39 is 28.8 Å². The Kier molecular flexibility index (Phi) is 6.29. The van der Waals surface area contributed by atoms with E-state index >= 15 is 0 Å². The van der Waals surface area contributed by atoms with E-state index in [1.54, 1.807) is 13.8 Å². The number of rotatable bonds is 5. The summed E-state index contributed by atoms with van der Waals surface area (Å²) in [4.78, 5) is 4.35. The number of halogens is 1. The third-order valence-corrected chi connectivity index (χ3v) is 12.9. The lowest BCUT2D eigenvalue weighted by Gasteiger charge is -2.39. The van der Waals surface area contributed by atoms with Crippen LogP contribution in [0.4, 0.5) is 0 Å². The minimum atomic E-state index is -4.03. The van der Waals surface area contributed by atoms with Gasteiger partial charge in [0.05, 0.1) is 25.5 Å². The lowest BCUT2D eigenvalue weighted by molar-refractivity contribution is -0.304. The van der Waals surface area contributed by atoms with Gasteiger partial charge >= 0.3 is 0 Å². The fourth-order valence-corrected chi connectivity index (χ4v) is 5.44. The van der Waals surface area contributed by atoms with Crippen molar-refractivity contribution in [2.75, 3.05) is 13.2 Å². The molecule has 156 valence electrons. The molecule has 7 nitrogen and oxygen atoms in total. The summed E-state index contributed by atoms with van der Waals surface area (Å²) >= 11 is 0.824. The first-order valence-corrected chi connectivity index (χ1v) is 14.6. The molecule has 0 bridgehead atoms. The van der Waals surface area contributed by atoms with Crippen molar-refractivity contribution in [1.82, 2.24) is 4.98 Å². The topological polar surface area (TPSA) is 95.0 Å². The molecule has 0 atom stereocenters. The molecular formula is C16H28ClNO6S2Si. The van der Waals surface area contributed by atoms with Crippen molar-refractivity contribution in [2.45, 2.75) is 75.0 Å². The quantitative estimate of drug-likeness (QED) is 0.533. The van der Waals surface area contributed by atoms with Crippen LogP contribution in [0.5, 0.6) is 0 Å². The average Bonchev–Trinajstić information content (AvgIpc) is 2.93. The Bertz CT molecular complexity index is 790. The van der Waals surface area contributed by atoms with Crippen LogP contribution < -0.4 is 0 Å². The molecule has 0 aliphatic carbocycles. The Morgan fingerprint density at radius 1 is 1.30 bits per heavy atom. The van der Waals surface area contributed by atoms with Crippen LogP contribution in [0.3, 0.4) is 0 Å². The van der Waals surface area contributed by atoms with Crippen molar-refractivity contribution >= 4 is 39.4 Å². The van der Waals surface area contributed by atoms with Gasteiger partial charge in [0.25, 0.3) is 9.05 Å². The minimum Gasteiger partial charge on any atom is -0.411 e. The minimum absolute atomic E-state index is 0.0115. The van der Waals surface area contributed by atoms with Gasteiger partial charge < -0.3 is 19.0 Å². The van der Waals surface area contributed by atoms with E-state index in [9.17, 15) is 13.5 Å². The molecule has 0 radical (unpaired) electrons. The van der Waals surface area contributed by atoms with Crippen LogP contribution in [0.1, 0.15) is 45.3 Å². The Balaban J connectivity index is 2.33. The second-order valence-corrected chi connectivity index (χ2v) is 17.3. The van der Waals surface area contributed by atoms with Crippen LogP contribution in [0.15, 0.2) is 4.21 Å². The normalized spacial score (nSPS) is 20.6. The van der Waals surface area contributed by atoms with Gasteiger partial charge in [-0.2, -0.15) is 0 Å². The summed E-state index contributed by atoms with van der Waals surface area (Å²) in [5, 5.41) is 11.0. The highest BCUT2D eigenvalue weighted by molar-refractivity contribution is 8.15. The van der Waals surface area contributed by atoms with E-state index in [2.05, 4.69) is 38.8 Å². The van der Waals surface area contributed by atoms with E-state index in [1.807, 2.05) is 0 Å². The molecule has 27 heavy (non-hydrogen) atoms. The second-order valence-electron chi connectivity index (χ2n) is 8.75. The maximum absolute atomic E-state index is 12.0. The maximum atomic E-state index is 12.0. The number of aliphatic hydroxyl groups is 1. The Morgan fingerprint density at radius 3 is 2.26 bits per heavy atom. The smallest absolute Gasteiger partial charge is 0.272 e. The zero-order valence-electron chi connectivity index (χ0n) is 16.8. The van der Waals surface area contributed by atoms with Crippen LogP contribution >= 0.6 is 22.0 Å². The molecule has 1 aromatic rings. The highest BCUT2D eigenvalue weighted by atomic mass is 35.7. The van der Waals surface area contributed by atoms with Crippen LogP contribution in [0, 0.1) is 0 Å². The molecular weight excluding hydrogens is 430 g/mol. The van der Waals surface area contributed by atoms with Crippen LogP contribution in [-0.2, 0) is 35.2 Å². The lowest BCUT2D eigenvalue weighted by Crippen LogP contribution is -2.49. The number of nitrogens with zero attached hydrogens (tertiary/aromatic N) is 1. The zero-order valence-corrected chi connectivity index (χ0v) is 20.1. The van der Waals surface area contributed by atoms with Gasteiger partial charge in [-0.3, -0.25) is 0 Å². The summed E-state index contributed by atoms with van der Waals surface area (Å²) < 4.78 is 41.1. The first-order chi connectivity index (χ1) is 12.0. The summed E-state index contributed by atoms with van der Waals surface area (Å²) in [6, 6.07) is 0. The third-order valence-electron chi connectivity index (χ3n) is 4.97. The van der Waals surface area contributed by atoms with Gasteiger partial charge in [0.2, 0.25) is 0 Å². The zero-order chi connectivity index (χ0) is 20.9. The molecule has 1 N–H and O–H groups in total. The van der Waals surface area contributed by atoms with Crippen molar-refractivity contribution in [1.29, 1.82) is 0 Å². The maximum Gasteiger partial charge on any atom is 0.272 e. The van der Waals surface area contributed by atoms with Crippen LogP contribution in [0.2, 0.25) is 18.1 Å². The molecule has 1 fully saturated rings. The standard InChI is InChI=1S/C16H28ClNO6S2Si/c1-14(2,3)27(6,7)24-8-11-12(26(17,20)21)25-13(18-11)16(19)9-22-15(4,5)23-10-16/h19H,8-10H2,1-7H3. The van der Waals surface area contributed by atoms with Gasteiger partial charge in [-0.1, -0.05) is 20.8 Å². The van der Waals surface area contributed by atoms with Crippen molar-refractivity contribution in [2.24, 2.45) is 0 Å². The van der Waals surface area contributed by atoms with E-state index in [1.165, 1.54) is 0 Å². The fraction of sp³-hybridized carbons (Fsp3) is 0.812. The SMILES string of the molecule is CC1(C)OCC(O)(c2nc(CO[Si](C)(C)C(C)(C)C)c(S(=O)(=O)Cl)s2)CO1. The first-order valence-electron chi connectivity index (χ1n) is 8.56. The monoisotopic (exact) mass is 457 g/mol. The summed E-state index contributed by atoms with van der Waals surface area (Å²) in [7, 11) is -0.555. The predicted molar refractivity (Wildman–Crippen MR) is 107 cm³/mol. The van der Waals surface area contributed by atoms with Crippen molar-refractivity contribution in [3.05, 3.63) is 10.7 Å². The largest absolute Gasteiger partial charge is 0.411 e. The average molecular weight is 458 g/mol. The van der Waals surface area contributed by atoms with Crippen molar-refractivity contribution in [3.8, 4) is 0 Å². The molecule has 0 saturated carbocycles. The van der Waals surface area contributed by atoms with Gasteiger partial charge in [-0.25, -0.2) is 13.4 Å². The Hall–Kier alpha value is -0.0731. The molecule has 2 heterocycles. The lowest BCUT2D eigenvalue weighted by atomic mass is 10.1. The van der Waals surface area contributed by atoms with Crippen LogP contribution in [0.25, 0.3) is 0 Å².